The number of nitrogens with zero attached hydrogens (tertiary/aromatic N) is 3. The third-order valence-corrected chi connectivity index (χ3v) is 5.30. The minimum absolute atomic E-state index is 0.0482. The Bertz CT molecular complexity index is 1030. The number of thiocarbonyl (C=S) groups is 1. The fourth-order valence-corrected chi connectivity index (χ4v) is 4.09. The number of rotatable bonds is 5. The molecule has 1 aliphatic rings. The van der Waals surface area contributed by atoms with E-state index in [9.17, 15) is 10.1 Å². The lowest BCUT2D eigenvalue weighted by molar-refractivity contribution is -0.384. The maximum absolute atomic E-state index is 10.9. The van der Waals surface area contributed by atoms with Gasteiger partial charge in [0.1, 0.15) is 17.6 Å². The van der Waals surface area contributed by atoms with E-state index < -0.39 is 4.92 Å². The molecule has 3 heterocycles. The molecule has 3 aromatic rings. The minimum atomic E-state index is -0.416. The van der Waals surface area contributed by atoms with Crippen LogP contribution in [0, 0.1) is 10.1 Å². The van der Waals surface area contributed by atoms with Crippen molar-refractivity contribution < 1.29 is 9.34 Å². The number of benzene rings is 1. The second-order valence-corrected chi connectivity index (χ2v) is 7.52. The van der Waals surface area contributed by atoms with Crippen molar-refractivity contribution >= 4 is 23.0 Å². The highest BCUT2D eigenvalue weighted by Crippen LogP contribution is 2.41. The van der Waals surface area contributed by atoms with Crippen LogP contribution in [0.4, 0.5) is 5.69 Å². The van der Waals surface area contributed by atoms with Gasteiger partial charge < -0.3 is 14.6 Å². The Labute approximate surface area is 173 Å². The molecule has 0 spiro atoms. The van der Waals surface area contributed by atoms with Crippen LogP contribution in [-0.2, 0) is 0 Å². The summed E-state index contributed by atoms with van der Waals surface area (Å²) < 4.78 is 6.20. The van der Waals surface area contributed by atoms with Gasteiger partial charge in [0, 0.05) is 29.9 Å². The predicted molar refractivity (Wildman–Crippen MR) is 113 cm³/mol. The van der Waals surface area contributed by atoms with Crippen LogP contribution in [0.3, 0.4) is 0 Å². The molecule has 2 atom stereocenters. The maximum Gasteiger partial charge on any atom is 0.269 e. The topological polar surface area (TPSA) is 84.4 Å². The lowest BCUT2D eigenvalue weighted by Crippen LogP contribution is -2.35. The lowest BCUT2D eigenvalue weighted by atomic mass is 10.0. The molecule has 4 rings (SSSR count). The van der Waals surface area contributed by atoms with Crippen molar-refractivity contribution in [3.8, 4) is 11.3 Å². The van der Waals surface area contributed by atoms with Crippen LogP contribution in [0.2, 0.25) is 0 Å². The number of hydrogen-bond acceptors (Lipinski definition) is 5. The fraction of sp³-hybridized carbons (Fsp3) is 0.238. The first-order chi connectivity index (χ1) is 14.0. The van der Waals surface area contributed by atoms with Crippen LogP contribution in [0.5, 0.6) is 0 Å². The molecule has 1 saturated heterocycles. The monoisotopic (exact) mass is 408 g/mol. The molecule has 7 nitrogen and oxygen atoms in total. The minimum Gasteiger partial charge on any atom is -0.459 e. The van der Waals surface area contributed by atoms with Gasteiger partial charge in [0.05, 0.1) is 16.7 Å². The van der Waals surface area contributed by atoms with E-state index in [1.165, 1.54) is 12.1 Å². The highest BCUT2D eigenvalue weighted by molar-refractivity contribution is 7.80. The number of aromatic nitrogens is 1. The Kier molecular flexibility index (Phi) is 5.02. The number of hydrogen-bond donors (Lipinski definition) is 1. The molecule has 0 amide bonds. The molecular formula is C21H20N4O3S. The first-order valence-electron chi connectivity index (χ1n) is 9.30. The van der Waals surface area contributed by atoms with Crippen molar-refractivity contribution in [3.05, 3.63) is 82.4 Å². The van der Waals surface area contributed by atoms with Crippen molar-refractivity contribution in [2.45, 2.75) is 32.0 Å². The number of pyridine rings is 1. The molecule has 0 radical (unpaired) electrons. The van der Waals surface area contributed by atoms with Crippen LogP contribution in [0.1, 0.15) is 37.4 Å². The predicted octanol–water partition coefficient (Wildman–Crippen LogP) is 4.63. The van der Waals surface area contributed by atoms with Crippen LogP contribution in [-0.4, -0.2) is 26.0 Å². The molecule has 8 heteroatoms. The highest BCUT2D eigenvalue weighted by atomic mass is 32.1. The Hall–Kier alpha value is -3.26. The normalized spacial score (nSPS) is 18.9. The zero-order valence-corrected chi connectivity index (χ0v) is 16.8. The van der Waals surface area contributed by atoms with Crippen LogP contribution in [0.25, 0.3) is 11.3 Å². The number of furan rings is 1. The molecule has 0 saturated carbocycles. The summed E-state index contributed by atoms with van der Waals surface area (Å²) in [4.78, 5) is 17.1. The van der Waals surface area contributed by atoms with Crippen LogP contribution >= 0.6 is 12.2 Å². The van der Waals surface area contributed by atoms with E-state index in [2.05, 4.69) is 29.0 Å². The molecule has 1 aliphatic heterocycles. The average Bonchev–Trinajstić information content (AvgIpc) is 3.33. The Morgan fingerprint density at radius 2 is 1.93 bits per heavy atom. The van der Waals surface area contributed by atoms with Crippen molar-refractivity contribution in [1.82, 2.24) is 15.2 Å². The van der Waals surface area contributed by atoms with E-state index in [0.29, 0.717) is 10.9 Å². The number of nitro groups is 1. The van der Waals surface area contributed by atoms with Crippen molar-refractivity contribution in [2.24, 2.45) is 0 Å². The van der Waals surface area contributed by atoms with Crippen LogP contribution < -0.4 is 5.32 Å². The van der Waals surface area contributed by atoms with Gasteiger partial charge in [-0.2, -0.15) is 0 Å². The fourth-order valence-electron chi connectivity index (χ4n) is 3.64. The molecule has 0 bridgehead atoms. The van der Waals surface area contributed by atoms with E-state index in [-0.39, 0.29) is 23.8 Å². The van der Waals surface area contributed by atoms with Gasteiger partial charge in [0.2, 0.25) is 0 Å². The largest absolute Gasteiger partial charge is 0.459 e. The molecule has 29 heavy (non-hydrogen) atoms. The lowest BCUT2D eigenvalue weighted by Gasteiger charge is -2.29. The van der Waals surface area contributed by atoms with Gasteiger partial charge in [-0.3, -0.25) is 15.1 Å². The van der Waals surface area contributed by atoms with E-state index in [4.69, 9.17) is 16.6 Å². The van der Waals surface area contributed by atoms with Crippen molar-refractivity contribution in [1.29, 1.82) is 0 Å². The molecular weight excluding hydrogens is 388 g/mol. The standard InChI is InChI=1S/C21H20N4O3S/c1-13(2)24-20(19(23-21(24)29)16-5-3-4-12-22-16)18-11-10-17(28-18)14-6-8-15(9-7-14)25(26)27/h3-13,19-20H,1-2H3,(H,23,29)/t19-,20+/m0/s1. The first kappa shape index (κ1) is 19.1. The van der Waals surface area contributed by atoms with Crippen LogP contribution in [0.15, 0.2) is 65.2 Å². The molecule has 0 aliphatic carbocycles. The zero-order valence-electron chi connectivity index (χ0n) is 16.0. The number of nitrogens with one attached hydrogen (secondary N) is 1. The average molecular weight is 408 g/mol. The van der Waals surface area contributed by atoms with Gasteiger partial charge in [-0.1, -0.05) is 6.07 Å². The summed E-state index contributed by atoms with van der Waals surface area (Å²) >= 11 is 5.59. The molecule has 1 N–H and O–H groups in total. The smallest absolute Gasteiger partial charge is 0.269 e. The summed E-state index contributed by atoms with van der Waals surface area (Å²) in [6, 6.07) is 15.8. The van der Waals surface area contributed by atoms with E-state index >= 15 is 0 Å². The summed E-state index contributed by atoms with van der Waals surface area (Å²) in [5.74, 6) is 1.41. The third kappa shape index (κ3) is 3.58. The molecule has 2 aromatic heterocycles. The number of non-ortho nitro benzene ring substituents is 1. The van der Waals surface area contributed by atoms with Gasteiger partial charge in [-0.05, 0) is 62.5 Å². The van der Waals surface area contributed by atoms with Gasteiger partial charge in [0.25, 0.3) is 5.69 Å². The van der Waals surface area contributed by atoms with Gasteiger partial charge >= 0.3 is 0 Å². The summed E-state index contributed by atoms with van der Waals surface area (Å²) in [6.45, 7) is 4.17. The molecule has 0 unspecified atom stereocenters. The first-order valence-corrected chi connectivity index (χ1v) is 9.71. The third-order valence-electron chi connectivity index (χ3n) is 4.97. The Morgan fingerprint density at radius 3 is 2.55 bits per heavy atom. The highest BCUT2D eigenvalue weighted by Gasteiger charge is 2.42. The Balaban J connectivity index is 1.70. The zero-order chi connectivity index (χ0) is 20.5. The number of nitro benzene ring substituents is 1. The molecule has 1 aromatic carbocycles. The van der Waals surface area contributed by atoms with Gasteiger partial charge in [-0.15, -0.1) is 0 Å². The van der Waals surface area contributed by atoms with E-state index in [1.54, 1.807) is 18.3 Å². The van der Waals surface area contributed by atoms with E-state index in [0.717, 1.165) is 17.0 Å². The summed E-state index contributed by atoms with van der Waals surface area (Å²) in [7, 11) is 0. The van der Waals surface area contributed by atoms with Gasteiger partial charge in [0.15, 0.2) is 5.11 Å². The maximum atomic E-state index is 10.9. The summed E-state index contributed by atoms with van der Waals surface area (Å²) in [5.41, 5.74) is 1.71. The van der Waals surface area contributed by atoms with Crippen molar-refractivity contribution in [2.75, 3.05) is 0 Å². The van der Waals surface area contributed by atoms with Gasteiger partial charge in [-0.25, -0.2) is 0 Å². The Morgan fingerprint density at radius 1 is 1.17 bits per heavy atom. The molecule has 1 fully saturated rings. The van der Waals surface area contributed by atoms with Crippen molar-refractivity contribution in [3.63, 3.8) is 0 Å². The second kappa shape index (κ2) is 7.63. The SMILES string of the molecule is CC(C)N1C(=S)N[C@@H](c2ccccn2)[C@H]1c1ccc(-c2ccc([N+](=O)[O-])cc2)o1. The molecule has 148 valence electrons. The quantitative estimate of drug-likeness (QED) is 0.374. The second-order valence-electron chi connectivity index (χ2n) is 7.13. The summed E-state index contributed by atoms with van der Waals surface area (Å²) in [5, 5.41) is 14.9. The summed E-state index contributed by atoms with van der Waals surface area (Å²) in [6.07, 6.45) is 1.76. The van der Waals surface area contributed by atoms with E-state index in [1.807, 2.05) is 30.3 Å².